The Morgan fingerprint density at radius 2 is 1.89 bits per heavy atom. The van der Waals surface area contributed by atoms with E-state index in [9.17, 15) is 4.79 Å². The number of hydrogen-bond acceptors (Lipinski definition) is 2. The van der Waals surface area contributed by atoms with Crippen LogP contribution in [0.25, 0.3) is 0 Å². The summed E-state index contributed by atoms with van der Waals surface area (Å²) in [6.45, 7) is 7.86. The van der Waals surface area contributed by atoms with Gasteiger partial charge < -0.3 is 15.5 Å². The molecule has 1 rings (SSSR count). The van der Waals surface area contributed by atoms with Crippen molar-refractivity contribution >= 4 is 11.9 Å². The Morgan fingerprint density at radius 3 is 2.50 bits per heavy atom. The molecular formula is C13H26N4O. The molecule has 1 aliphatic rings. The third kappa shape index (κ3) is 5.38. The van der Waals surface area contributed by atoms with Gasteiger partial charge in [0.2, 0.25) is 5.91 Å². The van der Waals surface area contributed by atoms with E-state index >= 15 is 0 Å². The fourth-order valence-electron chi connectivity index (χ4n) is 1.98. The Balaban J connectivity index is 2.39. The molecule has 1 heterocycles. The molecule has 0 bridgehead atoms. The predicted octanol–water partition coefficient (Wildman–Crippen LogP) is 0.964. The van der Waals surface area contributed by atoms with Gasteiger partial charge in [-0.15, -0.1) is 0 Å². The van der Waals surface area contributed by atoms with E-state index in [2.05, 4.69) is 22.5 Å². The minimum absolute atomic E-state index is 0.142. The molecular weight excluding hydrogens is 228 g/mol. The van der Waals surface area contributed by atoms with E-state index in [4.69, 9.17) is 0 Å². The number of rotatable bonds is 5. The number of nitrogens with zero attached hydrogens (tertiary/aromatic N) is 2. The van der Waals surface area contributed by atoms with Crippen molar-refractivity contribution in [1.29, 1.82) is 0 Å². The quantitative estimate of drug-likeness (QED) is 0.567. The summed E-state index contributed by atoms with van der Waals surface area (Å²) in [4.78, 5) is 18.2. The van der Waals surface area contributed by atoms with Gasteiger partial charge in [0.05, 0.1) is 0 Å². The average Bonchev–Trinajstić information content (AvgIpc) is 2.42. The van der Waals surface area contributed by atoms with Crippen molar-refractivity contribution < 1.29 is 4.79 Å². The number of carbonyl (C=O) groups excluding carboxylic acids is 1. The molecule has 0 aromatic rings. The molecule has 1 amide bonds. The molecule has 0 radical (unpaired) electrons. The van der Waals surface area contributed by atoms with Crippen LogP contribution in [0.3, 0.4) is 0 Å². The Hall–Kier alpha value is -1.26. The van der Waals surface area contributed by atoms with E-state index in [0.29, 0.717) is 0 Å². The zero-order chi connectivity index (χ0) is 13.2. The number of likely N-dealkylation sites (tertiary alicyclic amines) is 1. The molecule has 0 spiro atoms. The minimum Gasteiger partial charge on any atom is -0.357 e. The molecule has 5 nitrogen and oxygen atoms in total. The summed E-state index contributed by atoms with van der Waals surface area (Å²) in [5.74, 6) is 0.883. The lowest BCUT2D eigenvalue weighted by Crippen LogP contribution is -2.40. The highest BCUT2D eigenvalue weighted by molar-refractivity contribution is 5.84. The zero-order valence-electron chi connectivity index (χ0n) is 11.7. The Kier molecular flexibility index (Phi) is 7.22. The van der Waals surface area contributed by atoms with Crippen LogP contribution in [0.4, 0.5) is 0 Å². The molecule has 104 valence electrons. The molecule has 0 atom stereocenters. The first-order valence-corrected chi connectivity index (χ1v) is 7.07. The first-order chi connectivity index (χ1) is 8.77. The van der Waals surface area contributed by atoms with Crippen LogP contribution in [0.5, 0.6) is 0 Å². The summed E-state index contributed by atoms with van der Waals surface area (Å²) in [6.07, 6.45) is 4.55. The van der Waals surface area contributed by atoms with Crippen LogP contribution in [0.15, 0.2) is 4.99 Å². The molecule has 5 heteroatoms. The molecule has 1 saturated heterocycles. The van der Waals surface area contributed by atoms with Crippen LogP contribution in [0, 0.1) is 0 Å². The van der Waals surface area contributed by atoms with Crippen LogP contribution >= 0.6 is 0 Å². The second-order valence-corrected chi connectivity index (χ2v) is 4.56. The van der Waals surface area contributed by atoms with E-state index in [1.807, 2.05) is 11.8 Å². The zero-order valence-corrected chi connectivity index (χ0v) is 11.7. The van der Waals surface area contributed by atoms with E-state index in [0.717, 1.165) is 51.4 Å². The normalized spacial score (nSPS) is 16.6. The molecule has 1 fully saturated rings. The van der Waals surface area contributed by atoms with Crippen LogP contribution in [0.1, 0.15) is 39.5 Å². The van der Waals surface area contributed by atoms with Crippen LogP contribution in [0.2, 0.25) is 0 Å². The molecule has 0 aliphatic carbocycles. The van der Waals surface area contributed by atoms with Gasteiger partial charge in [-0.25, -0.2) is 4.99 Å². The van der Waals surface area contributed by atoms with Gasteiger partial charge in [-0.3, -0.25) is 4.79 Å². The Labute approximate surface area is 110 Å². The van der Waals surface area contributed by atoms with Gasteiger partial charge in [0, 0.05) is 26.2 Å². The van der Waals surface area contributed by atoms with Crippen molar-refractivity contribution in [3.8, 4) is 0 Å². The maximum atomic E-state index is 11.9. The van der Waals surface area contributed by atoms with Crippen molar-refractivity contribution in [3.63, 3.8) is 0 Å². The lowest BCUT2D eigenvalue weighted by Gasteiger charge is -2.26. The molecule has 0 aromatic heterocycles. The van der Waals surface area contributed by atoms with Crippen molar-refractivity contribution in [2.24, 2.45) is 4.99 Å². The van der Waals surface area contributed by atoms with Gasteiger partial charge >= 0.3 is 0 Å². The number of aliphatic imine (C=N–C) groups is 1. The molecule has 0 aromatic carbocycles. The van der Waals surface area contributed by atoms with Gasteiger partial charge in [-0.2, -0.15) is 0 Å². The highest BCUT2D eigenvalue weighted by Gasteiger charge is 2.15. The van der Waals surface area contributed by atoms with Crippen molar-refractivity contribution in [1.82, 2.24) is 15.5 Å². The topological polar surface area (TPSA) is 56.7 Å². The van der Waals surface area contributed by atoms with Gasteiger partial charge in [0.1, 0.15) is 6.54 Å². The maximum Gasteiger partial charge on any atom is 0.244 e. The largest absolute Gasteiger partial charge is 0.357 e. The fourth-order valence-corrected chi connectivity index (χ4v) is 1.98. The molecule has 0 unspecified atom stereocenters. The van der Waals surface area contributed by atoms with Crippen LogP contribution in [-0.2, 0) is 4.79 Å². The average molecular weight is 254 g/mol. The highest BCUT2D eigenvalue weighted by Crippen LogP contribution is 2.08. The molecule has 18 heavy (non-hydrogen) atoms. The first kappa shape index (κ1) is 14.8. The number of hydrogen-bond donors (Lipinski definition) is 2. The Bertz CT molecular complexity index is 272. The second-order valence-electron chi connectivity index (χ2n) is 4.56. The number of amides is 1. The fraction of sp³-hybridized carbons (Fsp3) is 0.846. The molecule has 0 saturated carbocycles. The number of carbonyl (C=O) groups is 1. The number of nitrogens with one attached hydrogen (secondary N) is 2. The van der Waals surface area contributed by atoms with E-state index in [1.54, 1.807) is 0 Å². The van der Waals surface area contributed by atoms with Crippen LogP contribution < -0.4 is 10.6 Å². The van der Waals surface area contributed by atoms with Crippen molar-refractivity contribution in [2.45, 2.75) is 39.5 Å². The standard InChI is InChI=1S/C13H26N4O/c1-3-8-15-13(14-4-2)16-11-12(18)17-9-6-5-7-10-17/h3-11H2,1-2H3,(H2,14,15,16). The lowest BCUT2D eigenvalue weighted by atomic mass is 10.1. The van der Waals surface area contributed by atoms with Crippen molar-refractivity contribution in [3.05, 3.63) is 0 Å². The highest BCUT2D eigenvalue weighted by atomic mass is 16.2. The summed E-state index contributed by atoms with van der Waals surface area (Å²) in [5, 5.41) is 6.34. The van der Waals surface area contributed by atoms with E-state index in [-0.39, 0.29) is 12.5 Å². The van der Waals surface area contributed by atoms with Crippen molar-refractivity contribution in [2.75, 3.05) is 32.7 Å². The van der Waals surface area contributed by atoms with E-state index < -0.39 is 0 Å². The minimum atomic E-state index is 0.142. The van der Waals surface area contributed by atoms with Crippen LogP contribution in [-0.4, -0.2) is 49.5 Å². The summed E-state index contributed by atoms with van der Waals surface area (Å²) >= 11 is 0. The van der Waals surface area contributed by atoms with Gasteiger partial charge in [0.15, 0.2) is 5.96 Å². The smallest absolute Gasteiger partial charge is 0.244 e. The van der Waals surface area contributed by atoms with Gasteiger partial charge in [-0.1, -0.05) is 6.92 Å². The Morgan fingerprint density at radius 1 is 1.17 bits per heavy atom. The first-order valence-electron chi connectivity index (χ1n) is 7.07. The van der Waals surface area contributed by atoms with Gasteiger partial charge in [-0.05, 0) is 32.6 Å². The number of guanidine groups is 1. The van der Waals surface area contributed by atoms with Gasteiger partial charge in [0.25, 0.3) is 0 Å². The number of piperidine rings is 1. The monoisotopic (exact) mass is 254 g/mol. The lowest BCUT2D eigenvalue weighted by molar-refractivity contribution is -0.130. The molecule has 2 N–H and O–H groups in total. The second kappa shape index (κ2) is 8.78. The molecule has 1 aliphatic heterocycles. The summed E-state index contributed by atoms with van der Waals surface area (Å²) < 4.78 is 0. The summed E-state index contributed by atoms with van der Waals surface area (Å²) in [5.41, 5.74) is 0. The maximum absolute atomic E-state index is 11.9. The third-order valence-electron chi connectivity index (χ3n) is 2.97. The summed E-state index contributed by atoms with van der Waals surface area (Å²) in [7, 11) is 0. The SMILES string of the molecule is CCCNC(=NCC(=O)N1CCCCC1)NCC. The van der Waals surface area contributed by atoms with E-state index in [1.165, 1.54) is 6.42 Å². The third-order valence-corrected chi connectivity index (χ3v) is 2.97. The summed E-state index contributed by atoms with van der Waals surface area (Å²) in [6, 6.07) is 0. The predicted molar refractivity (Wildman–Crippen MR) is 74.7 cm³/mol.